The van der Waals surface area contributed by atoms with E-state index >= 15 is 0 Å². The van der Waals surface area contributed by atoms with Gasteiger partial charge in [0.1, 0.15) is 29.8 Å². The smallest absolute Gasteiger partial charge is 0.341 e. The minimum atomic E-state index is -0.732. The number of aryl methyl sites for hydroxylation is 1. The Hall–Kier alpha value is -4.03. The van der Waals surface area contributed by atoms with E-state index in [0.717, 1.165) is 17.7 Å². The standard InChI is InChI=1S/C27H27N5O5S2/c1-16(32-26(28)30-31-27(32)38-13-10-17-6-4-3-5-7-17)23(33)29-24-22(25(34)35-2)19(15-39-24)18-8-9-20-21(14-18)37-12-11-36-20/h3-9,14-16H,10-13H2,1-2H3,(H2,28,30)(H,29,33). The lowest BCUT2D eigenvalue weighted by atomic mass is 10.0. The van der Waals surface area contributed by atoms with Crippen LogP contribution in [0.15, 0.2) is 59.1 Å². The van der Waals surface area contributed by atoms with Crippen LogP contribution in [-0.4, -0.2) is 52.7 Å². The van der Waals surface area contributed by atoms with E-state index in [2.05, 4.69) is 27.6 Å². The number of rotatable bonds is 9. The molecule has 0 fully saturated rings. The number of hydrogen-bond donors (Lipinski definition) is 2. The molecule has 3 heterocycles. The number of ether oxygens (including phenoxy) is 3. The minimum Gasteiger partial charge on any atom is -0.486 e. The minimum absolute atomic E-state index is 0.135. The fourth-order valence-corrected chi connectivity index (χ4v) is 6.14. The summed E-state index contributed by atoms with van der Waals surface area (Å²) >= 11 is 2.71. The molecule has 0 saturated heterocycles. The summed E-state index contributed by atoms with van der Waals surface area (Å²) in [6.45, 7) is 2.64. The Morgan fingerprint density at radius 2 is 1.92 bits per heavy atom. The lowest BCUT2D eigenvalue weighted by molar-refractivity contribution is -0.118. The van der Waals surface area contributed by atoms with Crippen LogP contribution in [0.25, 0.3) is 11.1 Å². The monoisotopic (exact) mass is 565 g/mol. The van der Waals surface area contributed by atoms with Crippen molar-refractivity contribution in [2.75, 3.05) is 37.1 Å². The molecule has 39 heavy (non-hydrogen) atoms. The number of thioether (sulfide) groups is 1. The van der Waals surface area contributed by atoms with Gasteiger partial charge in [-0.2, -0.15) is 0 Å². The number of nitrogens with zero attached hydrogens (tertiary/aromatic N) is 3. The zero-order chi connectivity index (χ0) is 27.4. The maximum Gasteiger partial charge on any atom is 0.341 e. The van der Waals surface area contributed by atoms with Crippen LogP contribution >= 0.6 is 23.1 Å². The number of thiophene rings is 1. The molecule has 4 aromatic rings. The number of amides is 1. The highest BCUT2D eigenvalue weighted by molar-refractivity contribution is 7.99. The molecule has 202 valence electrons. The van der Waals surface area contributed by atoms with Crippen LogP contribution in [0, 0.1) is 0 Å². The molecule has 0 bridgehead atoms. The first-order valence-corrected chi connectivity index (χ1v) is 14.1. The van der Waals surface area contributed by atoms with E-state index in [9.17, 15) is 9.59 Å². The van der Waals surface area contributed by atoms with Gasteiger partial charge in [-0.05, 0) is 36.6 Å². The Morgan fingerprint density at radius 3 is 2.69 bits per heavy atom. The first-order valence-electron chi connectivity index (χ1n) is 12.2. The molecule has 10 nitrogen and oxygen atoms in total. The highest BCUT2D eigenvalue weighted by Gasteiger charge is 2.27. The van der Waals surface area contributed by atoms with Gasteiger partial charge in [-0.15, -0.1) is 21.5 Å². The third-order valence-corrected chi connectivity index (χ3v) is 8.03. The molecular weight excluding hydrogens is 538 g/mol. The molecule has 12 heteroatoms. The summed E-state index contributed by atoms with van der Waals surface area (Å²) in [6, 6.07) is 14.8. The number of esters is 1. The Labute approximate surface area is 233 Å². The van der Waals surface area contributed by atoms with Crippen molar-refractivity contribution in [3.63, 3.8) is 0 Å². The molecule has 2 aromatic carbocycles. The topological polar surface area (TPSA) is 131 Å². The highest BCUT2D eigenvalue weighted by atomic mass is 32.2. The van der Waals surface area contributed by atoms with E-state index in [1.165, 1.54) is 35.8 Å². The third-order valence-electron chi connectivity index (χ3n) is 6.19. The summed E-state index contributed by atoms with van der Waals surface area (Å²) in [5, 5.41) is 13.8. The molecule has 1 aliphatic rings. The number of carbonyl (C=O) groups is 2. The number of carbonyl (C=O) groups excluding carboxylic acids is 2. The summed E-state index contributed by atoms with van der Waals surface area (Å²) in [7, 11) is 1.30. The van der Waals surface area contributed by atoms with Gasteiger partial charge in [-0.1, -0.05) is 48.2 Å². The molecule has 1 amide bonds. The van der Waals surface area contributed by atoms with E-state index in [-0.39, 0.29) is 17.4 Å². The molecule has 1 aliphatic heterocycles. The van der Waals surface area contributed by atoms with E-state index in [4.69, 9.17) is 19.9 Å². The molecule has 2 aromatic heterocycles. The van der Waals surface area contributed by atoms with E-state index < -0.39 is 12.0 Å². The molecule has 0 spiro atoms. The van der Waals surface area contributed by atoms with Gasteiger partial charge in [0.2, 0.25) is 11.9 Å². The Kier molecular flexibility index (Phi) is 8.03. The second-order valence-corrected chi connectivity index (χ2v) is 10.6. The van der Waals surface area contributed by atoms with Gasteiger partial charge in [0.15, 0.2) is 16.7 Å². The average Bonchev–Trinajstić information content (AvgIpc) is 3.55. The first kappa shape index (κ1) is 26.6. The van der Waals surface area contributed by atoms with Gasteiger partial charge in [0, 0.05) is 16.7 Å². The highest BCUT2D eigenvalue weighted by Crippen LogP contribution is 2.40. The van der Waals surface area contributed by atoms with Crippen molar-refractivity contribution in [2.24, 2.45) is 0 Å². The predicted octanol–water partition coefficient (Wildman–Crippen LogP) is 4.68. The van der Waals surface area contributed by atoms with Crippen molar-refractivity contribution in [2.45, 2.75) is 24.5 Å². The second kappa shape index (κ2) is 11.8. The fourth-order valence-electron chi connectivity index (χ4n) is 4.17. The number of methoxy groups -OCH3 is 1. The number of nitrogens with two attached hydrogens (primary N) is 1. The summed E-state index contributed by atoms with van der Waals surface area (Å²) in [5.41, 5.74) is 8.92. The lowest BCUT2D eigenvalue weighted by Crippen LogP contribution is -2.25. The van der Waals surface area contributed by atoms with Crippen molar-refractivity contribution in [3.05, 3.63) is 65.0 Å². The quantitative estimate of drug-likeness (QED) is 0.219. The van der Waals surface area contributed by atoms with Gasteiger partial charge < -0.3 is 25.3 Å². The van der Waals surface area contributed by atoms with Crippen molar-refractivity contribution in [1.82, 2.24) is 14.8 Å². The number of hydrogen-bond acceptors (Lipinski definition) is 10. The van der Waals surface area contributed by atoms with Crippen LogP contribution in [0.3, 0.4) is 0 Å². The molecule has 0 aliphatic carbocycles. The van der Waals surface area contributed by atoms with E-state index in [1.54, 1.807) is 22.9 Å². The largest absolute Gasteiger partial charge is 0.486 e. The zero-order valence-corrected chi connectivity index (χ0v) is 23.0. The molecule has 1 atom stereocenters. The van der Waals surface area contributed by atoms with Gasteiger partial charge in [0.05, 0.1) is 7.11 Å². The summed E-state index contributed by atoms with van der Waals surface area (Å²) in [5.74, 6) is 1.19. The van der Waals surface area contributed by atoms with Gasteiger partial charge in [-0.25, -0.2) is 4.79 Å². The molecule has 0 saturated carbocycles. The summed E-state index contributed by atoms with van der Waals surface area (Å²) in [4.78, 5) is 26.2. The van der Waals surface area contributed by atoms with E-state index in [1.807, 2.05) is 30.3 Å². The SMILES string of the molecule is COC(=O)c1c(-c2ccc3c(c2)OCCO3)csc1NC(=O)C(C)n1c(N)nnc1SCCc1ccccc1. The molecule has 5 rings (SSSR count). The molecular formula is C27H27N5O5S2. The lowest BCUT2D eigenvalue weighted by Gasteiger charge is -2.19. The number of nitrogen functional groups attached to an aromatic ring is 1. The van der Waals surface area contributed by atoms with Crippen LogP contribution < -0.4 is 20.5 Å². The summed E-state index contributed by atoms with van der Waals surface area (Å²) < 4.78 is 18.0. The maximum atomic E-state index is 13.4. The predicted molar refractivity (Wildman–Crippen MR) is 151 cm³/mol. The molecule has 3 N–H and O–H groups in total. The Balaban J connectivity index is 1.35. The van der Waals surface area contributed by atoms with E-state index in [0.29, 0.717) is 40.4 Å². The van der Waals surface area contributed by atoms with Crippen LogP contribution in [0.2, 0.25) is 0 Å². The number of nitrogens with one attached hydrogen (secondary N) is 1. The number of aromatic nitrogens is 3. The van der Waals surface area contributed by atoms with Crippen molar-refractivity contribution < 1.29 is 23.8 Å². The Bertz CT molecular complexity index is 1490. The summed E-state index contributed by atoms with van der Waals surface area (Å²) in [6.07, 6.45) is 0.833. The maximum absolute atomic E-state index is 13.4. The van der Waals surface area contributed by atoms with Crippen molar-refractivity contribution in [3.8, 4) is 22.6 Å². The van der Waals surface area contributed by atoms with Crippen LogP contribution in [0.1, 0.15) is 28.9 Å². The number of fused-ring (bicyclic) bond motifs is 1. The van der Waals surface area contributed by atoms with Crippen LogP contribution in [-0.2, 0) is 16.0 Å². The second-order valence-electron chi connectivity index (χ2n) is 8.66. The normalized spacial score (nSPS) is 13.1. The van der Waals surface area contributed by atoms with Crippen LogP contribution in [0.4, 0.5) is 10.9 Å². The van der Waals surface area contributed by atoms with Crippen LogP contribution in [0.5, 0.6) is 11.5 Å². The number of anilines is 2. The average molecular weight is 566 g/mol. The van der Waals surface area contributed by atoms with Gasteiger partial charge in [-0.3, -0.25) is 9.36 Å². The zero-order valence-electron chi connectivity index (χ0n) is 21.4. The van der Waals surface area contributed by atoms with Gasteiger partial charge in [0.25, 0.3) is 0 Å². The number of benzene rings is 2. The first-order chi connectivity index (χ1) is 19.0. The molecule has 1 unspecified atom stereocenters. The third kappa shape index (κ3) is 5.71. The Morgan fingerprint density at radius 1 is 1.15 bits per heavy atom. The van der Waals surface area contributed by atoms with Crippen molar-refractivity contribution in [1.29, 1.82) is 0 Å². The fraction of sp³-hybridized carbons (Fsp3) is 0.259. The molecule has 0 radical (unpaired) electrons. The van der Waals surface area contributed by atoms with Gasteiger partial charge >= 0.3 is 5.97 Å². The van der Waals surface area contributed by atoms with Crippen molar-refractivity contribution >= 4 is 45.9 Å².